The number of benzene rings is 2. The van der Waals surface area contributed by atoms with Crippen molar-refractivity contribution in [2.45, 2.75) is 19.4 Å². The van der Waals surface area contributed by atoms with Crippen LogP contribution in [0.3, 0.4) is 0 Å². The van der Waals surface area contributed by atoms with Crippen LogP contribution in [0, 0.1) is 11.7 Å². The van der Waals surface area contributed by atoms with Gasteiger partial charge in [-0.1, -0.05) is 35.9 Å². The monoisotopic (exact) mass is 373 g/mol. The molecule has 26 heavy (non-hydrogen) atoms. The van der Waals surface area contributed by atoms with Crippen LogP contribution in [-0.2, 0) is 11.3 Å². The molecule has 0 radical (unpaired) electrons. The van der Waals surface area contributed by atoms with E-state index in [4.69, 9.17) is 11.6 Å². The Kier molecular flexibility index (Phi) is 6.36. The summed E-state index contributed by atoms with van der Waals surface area (Å²) in [5.74, 6) is -0.382. The van der Waals surface area contributed by atoms with E-state index in [0.717, 1.165) is 43.1 Å². The Hall–Kier alpha value is -2.24. The smallest absolute Gasteiger partial charge is 0.243 e. The minimum Gasteiger partial charge on any atom is -0.299 e. The molecule has 1 heterocycles. The zero-order chi connectivity index (χ0) is 18.4. The van der Waals surface area contributed by atoms with Gasteiger partial charge in [-0.2, -0.15) is 5.10 Å². The molecule has 136 valence electrons. The maximum Gasteiger partial charge on any atom is 0.243 e. The van der Waals surface area contributed by atoms with Gasteiger partial charge < -0.3 is 0 Å². The number of nitrogens with zero attached hydrogens (tertiary/aromatic N) is 2. The third kappa shape index (κ3) is 5.38. The van der Waals surface area contributed by atoms with Gasteiger partial charge in [0.05, 0.1) is 6.21 Å². The fourth-order valence-corrected chi connectivity index (χ4v) is 3.14. The number of piperidine rings is 1. The number of rotatable bonds is 5. The van der Waals surface area contributed by atoms with Crippen LogP contribution in [0.25, 0.3) is 0 Å². The second kappa shape index (κ2) is 8.92. The summed E-state index contributed by atoms with van der Waals surface area (Å²) in [4.78, 5) is 14.6. The first-order valence-electron chi connectivity index (χ1n) is 8.65. The minimum absolute atomic E-state index is 0.0261. The first-order valence-corrected chi connectivity index (χ1v) is 9.03. The number of hydrazone groups is 1. The summed E-state index contributed by atoms with van der Waals surface area (Å²) in [7, 11) is 0. The van der Waals surface area contributed by atoms with Crippen molar-refractivity contribution in [1.29, 1.82) is 0 Å². The zero-order valence-electron chi connectivity index (χ0n) is 14.4. The number of nitrogens with one attached hydrogen (secondary N) is 1. The van der Waals surface area contributed by atoms with Crippen molar-refractivity contribution in [3.8, 4) is 0 Å². The Morgan fingerprint density at radius 3 is 2.46 bits per heavy atom. The number of likely N-dealkylation sites (tertiary alicyclic amines) is 1. The van der Waals surface area contributed by atoms with Gasteiger partial charge in [-0.3, -0.25) is 9.69 Å². The minimum atomic E-state index is -0.295. The fraction of sp³-hybridized carbons (Fsp3) is 0.300. The summed E-state index contributed by atoms with van der Waals surface area (Å²) in [6.45, 7) is 2.62. The van der Waals surface area contributed by atoms with Gasteiger partial charge in [0, 0.05) is 17.5 Å². The van der Waals surface area contributed by atoms with E-state index in [9.17, 15) is 9.18 Å². The first-order chi connectivity index (χ1) is 12.6. The molecule has 0 unspecified atom stereocenters. The van der Waals surface area contributed by atoms with Gasteiger partial charge in [-0.15, -0.1) is 0 Å². The molecule has 1 N–H and O–H groups in total. The van der Waals surface area contributed by atoms with Crippen LogP contribution in [0.15, 0.2) is 53.6 Å². The predicted molar refractivity (Wildman–Crippen MR) is 102 cm³/mol. The lowest BCUT2D eigenvalue weighted by Crippen LogP contribution is -2.39. The second-order valence-electron chi connectivity index (χ2n) is 6.46. The van der Waals surface area contributed by atoms with Crippen LogP contribution < -0.4 is 5.43 Å². The summed E-state index contributed by atoms with van der Waals surface area (Å²) in [6.07, 6.45) is 3.14. The molecule has 0 aromatic heterocycles. The molecule has 4 nitrogen and oxygen atoms in total. The molecule has 3 rings (SSSR count). The van der Waals surface area contributed by atoms with Gasteiger partial charge >= 0.3 is 0 Å². The van der Waals surface area contributed by atoms with Crippen molar-refractivity contribution in [2.24, 2.45) is 11.0 Å². The number of carbonyl (C=O) groups is 1. The number of carbonyl (C=O) groups excluding carboxylic acids is 1. The molecule has 1 aliphatic heterocycles. The first kappa shape index (κ1) is 18.5. The van der Waals surface area contributed by atoms with Crippen LogP contribution in [0.1, 0.15) is 24.0 Å². The average molecular weight is 374 g/mol. The standard InChI is InChI=1S/C20H21ClFN3O/c21-18-5-1-16(2-6-18)14-25-11-9-17(10-12-25)20(26)24-23-13-15-3-7-19(22)8-4-15/h1-8,13,17H,9-12,14H2,(H,24,26)/b23-13-. The largest absolute Gasteiger partial charge is 0.299 e. The Labute approximate surface area is 157 Å². The Balaban J connectivity index is 1.43. The van der Waals surface area contributed by atoms with Crippen molar-refractivity contribution in [3.63, 3.8) is 0 Å². The molecule has 1 aliphatic rings. The van der Waals surface area contributed by atoms with Gasteiger partial charge in [-0.05, 0) is 61.3 Å². The van der Waals surface area contributed by atoms with Crippen molar-refractivity contribution in [3.05, 3.63) is 70.5 Å². The van der Waals surface area contributed by atoms with Crippen molar-refractivity contribution in [2.75, 3.05) is 13.1 Å². The molecule has 2 aromatic carbocycles. The number of hydrogen-bond acceptors (Lipinski definition) is 3. The van der Waals surface area contributed by atoms with Gasteiger partial charge in [0.2, 0.25) is 5.91 Å². The fourth-order valence-electron chi connectivity index (χ4n) is 3.01. The maximum atomic E-state index is 12.8. The van der Waals surface area contributed by atoms with Crippen LogP contribution in [0.2, 0.25) is 5.02 Å². The Bertz CT molecular complexity index is 754. The van der Waals surface area contributed by atoms with E-state index in [2.05, 4.69) is 15.4 Å². The highest BCUT2D eigenvalue weighted by atomic mass is 35.5. The molecule has 1 fully saturated rings. The normalized spacial score (nSPS) is 16.1. The quantitative estimate of drug-likeness (QED) is 0.639. The molecule has 0 bridgehead atoms. The van der Waals surface area contributed by atoms with Crippen LogP contribution in [-0.4, -0.2) is 30.1 Å². The lowest BCUT2D eigenvalue weighted by Gasteiger charge is -2.30. The molecule has 0 saturated carbocycles. The number of halogens is 2. The highest BCUT2D eigenvalue weighted by molar-refractivity contribution is 6.30. The van der Waals surface area contributed by atoms with Crippen LogP contribution >= 0.6 is 11.6 Å². The second-order valence-corrected chi connectivity index (χ2v) is 6.90. The van der Waals surface area contributed by atoms with E-state index in [1.807, 2.05) is 24.3 Å². The van der Waals surface area contributed by atoms with Crippen LogP contribution in [0.5, 0.6) is 0 Å². The Morgan fingerprint density at radius 2 is 1.81 bits per heavy atom. The lowest BCUT2D eigenvalue weighted by atomic mass is 9.96. The van der Waals surface area contributed by atoms with Gasteiger partial charge in [0.1, 0.15) is 5.82 Å². The molecule has 6 heteroatoms. The van der Waals surface area contributed by atoms with E-state index in [0.29, 0.717) is 0 Å². The van der Waals surface area contributed by atoms with Gasteiger partial charge in [-0.25, -0.2) is 9.82 Å². The molecule has 0 spiro atoms. The Morgan fingerprint density at radius 1 is 1.15 bits per heavy atom. The average Bonchev–Trinajstić information content (AvgIpc) is 2.66. The highest BCUT2D eigenvalue weighted by Crippen LogP contribution is 2.20. The summed E-state index contributed by atoms with van der Waals surface area (Å²) in [5, 5.41) is 4.71. The highest BCUT2D eigenvalue weighted by Gasteiger charge is 2.24. The zero-order valence-corrected chi connectivity index (χ0v) is 15.1. The summed E-state index contributed by atoms with van der Waals surface area (Å²) in [6, 6.07) is 13.8. The van der Waals surface area contributed by atoms with Gasteiger partial charge in [0.25, 0.3) is 0 Å². The number of hydrogen-bond donors (Lipinski definition) is 1. The summed E-state index contributed by atoms with van der Waals surface area (Å²) in [5.41, 5.74) is 4.55. The molecular formula is C20H21ClFN3O. The van der Waals surface area contributed by atoms with E-state index in [-0.39, 0.29) is 17.6 Å². The third-order valence-corrected chi connectivity index (χ3v) is 4.79. The molecule has 1 saturated heterocycles. The topological polar surface area (TPSA) is 44.7 Å². The van der Waals surface area contributed by atoms with E-state index in [1.54, 1.807) is 12.1 Å². The van der Waals surface area contributed by atoms with Crippen molar-refractivity contribution < 1.29 is 9.18 Å². The molecule has 0 aliphatic carbocycles. The summed E-state index contributed by atoms with van der Waals surface area (Å²) < 4.78 is 12.8. The van der Waals surface area contributed by atoms with Gasteiger partial charge in [0.15, 0.2) is 0 Å². The molecule has 0 atom stereocenters. The molecule has 2 aromatic rings. The lowest BCUT2D eigenvalue weighted by molar-refractivity contribution is -0.126. The third-order valence-electron chi connectivity index (χ3n) is 4.54. The maximum absolute atomic E-state index is 12.8. The van der Waals surface area contributed by atoms with E-state index in [1.165, 1.54) is 23.9 Å². The predicted octanol–water partition coefficient (Wildman–Crippen LogP) is 3.84. The molecule has 1 amide bonds. The van der Waals surface area contributed by atoms with Crippen molar-refractivity contribution >= 4 is 23.7 Å². The van der Waals surface area contributed by atoms with E-state index >= 15 is 0 Å². The van der Waals surface area contributed by atoms with E-state index < -0.39 is 0 Å². The van der Waals surface area contributed by atoms with Crippen LogP contribution in [0.4, 0.5) is 4.39 Å². The molecular weight excluding hydrogens is 353 g/mol. The SMILES string of the molecule is O=C(N/N=C\c1ccc(F)cc1)C1CCN(Cc2ccc(Cl)cc2)CC1. The summed E-state index contributed by atoms with van der Waals surface area (Å²) >= 11 is 5.91. The van der Waals surface area contributed by atoms with Crippen molar-refractivity contribution in [1.82, 2.24) is 10.3 Å². The number of amides is 1.